The van der Waals surface area contributed by atoms with Crippen LogP contribution in [-0.2, 0) is 4.79 Å². The third kappa shape index (κ3) is 3.13. The SMILES string of the molecule is CCC/C(=C\C(=O)O)c1ccc(OC)c(C)c1C. The predicted octanol–water partition coefficient (Wildman–Crippen LogP) is 3.58. The van der Waals surface area contributed by atoms with Crippen LogP contribution in [0, 0.1) is 13.8 Å². The van der Waals surface area contributed by atoms with Crippen LogP contribution in [0.5, 0.6) is 5.75 Å². The highest BCUT2D eigenvalue weighted by atomic mass is 16.5. The van der Waals surface area contributed by atoms with Crippen LogP contribution in [0.3, 0.4) is 0 Å². The first-order valence-corrected chi connectivity index (χ1v) is 6.09. The molecule has 3 nitrogen and oxygen atoms in total. The van der Waals surface area contributed by atoms with Gasteiger partial charge in [0.15, 0.2) is 0 Å². The molecule has 3 heteroatoms. The molecule has 0 spiro atoms. The topological polar surface area (TPSA) is 46.5 Å². The van der Waals surface area contributed by atoms with Crippen molar-refractivity contribution in [1.82, 2.24) is 0 Å². The van der Waals surface area contributed by atoms with Crippen molar-refractivity contribution in [2.24, 2.45) is 0 Å². The normalized spacial score (nSPS) is 11.4. The molecule has 0 amide bonds. The summed E-state index contributed by atoms with van der Waals surface area (Å²) in [6.07, 6.45) is 2.99. The highest BCUT2D eigenvalue weighted by Gasteiger charge is 2.11. The molecular weight excluding hydrogens is 228 g/mol. The molecule has 98 valence electrons. The maximum atomic E-state index is 10.9. The van der Waals surface area contributed by atoms with Crippen molar-refractivity contribution in [2.45, 2.75) is 33.6 Å². The van der Waals surface area contributed by atoms with Crippen molar-refractivity contribution >= 4 is 11.5 Å². The third-order valence-corrected chi connectivity index (χ3v) is 3.12. The van der Waals surface area contributed by atoms with Gasteiger partial charge >= 0.3 is 5.97 Å². The van der Waals surface area contributed by atoms with Crippen LogP contribution in [0.1, 0.15) is 36.5 Å². The summed E-state index contributed by atoms with van der Waals surface area (Å²) in [5, 5.41) is 8.93. The number of carboxylic acids is 1. The zero-order valence-corrected chi connectivity index (χ0v) is 11.4. The molecule has 0 atom stereocenters. The summed E-state index contributed by atoms with van der Waals surface area (Å²) in [5.41, 5.74) is 4.00. The molecule has 0 saturated heterocycles. The van der Waals surface area contributed by atoms with Crippen LogP contribution in [-0.4, -0.2) is 18.2 Å². The molecule has 18 heavy (non-hydrogen) atoms. The van der Waals surface area contributed by atoms with Crippen LogP contribution >= 0.6 is 0 Å². The molecule has 1 aromatic carbocycles. The highest BCUT2D eigenvalue weighted by Crippen LogP contribution is 2.30. The fourth-order valence-corrected chi connectivity index (χ4v) is 2.07. The first kappa shape index (κ1) is 14.3. The van der Waals surface area contributed by atoms with E-state index in [2.05, 4.69) is 0 Å². The van der Waals surface area contributed by atoms with E-state index in [1.165, 1.54) is 6.08 Å². The molecule has 0 fully saturated rings. The minimum atomic E-state index is -0.897. The molecule has 0 aromatic heterocycles. The van der Waals surface area contributed by atoms with Crippen molar-refractivity contribution < 1.29 is 14.6 Å². The molecule has 1 N–H and O–H groups in total. The van der Waals surface area contributed by atoms with Gasteiger partial charge in [0.1, 0.15) is 5.75 Å². The molecule has 0 bridgehead atoms. The zero-order valence-electron chi connectivity index (χ0n) is 11.4. The summed E-state index contributed by atoms with van der Waals surface area (Å²) in [7, 11) is 1.64. The van der Waals surface area contributed by atoms with E-state index in [0.29, 0.717) is 0 Å². The van der Waals surface area contributed by atoms with Crippen molar-refractivity contribution in [2.75, 3.05) is 7.11 Å². The molecule has 0 aliphatic carbocycles. The van der Waals surface area contributed by atoms with Crippen LogP contribution < -0.4 is 4.74 Å². The standard InChI is InChI=1S/C15H20O3/c1-5-6-12(9-15(16)17)13-7-8-14(18-4)11(3)10(13)2/h7-9H,5-6H2,1-4H3,(H,16,17)/b12-9+. The summed E-state index contributed by atoms with van der Waals surface area (Å²) in [5.74, 6) is -0.0613. The van der Waals surface area contributed by atoms with E-state index in [4.69, 9.17) is 9.84 Å². The molecule has 0 saturated carbocycles. The highest BCUT2D eigenvalue weighted by molar-refractivity contribution is 5.90. The summed E-state index contributed by atoms with van der Waals surface area (Å²) in [4.78, 5) is 10.9. The van der Waals surface area contributed by atoms with Crippen molar-refractivity contribution in [3.63, 3.8) is 0 Å². The van der Waals surface area contributed by atoms with Gasteiger partial charge in [0, 0.05) is 6.08 Å². The fourth-order valence-electron chi connectivity index (χ4n) is 2.07. The number of hydrogen-bond acceptors (Lipinski definition) is 2. The Kier molecular flexibility index (Phi) is 4.95. The van der Waals surface area contributed by atoms with Crippen LogP contribution in [0.25, 0.3) is 5.57 Å². The molecule has 0 heterocycles. The fraction of sp³-hybridized carbons (Fsp3) is 0.400. The van der Waals surface area contributed by atoms with Gasteiger partial charge in [-0.2, -0.15) is 0 Å². The second-order valence-electron chi connectivity index (χ2n) is 4.32. The van der Waals surface area contributed by atoms with Crippen LogP contribution in [0.4, 0.5) is 0 Å². The van der Waals surface area contributed by atoms with Crippen LogP contribution in [0.2, 0.25) is 0 Å². The van der Waals surface area contributed by atoms with E-state index in [-0.39, 0.29) is 0 Å². The Bertz CT molecular complexity index is 473. The summed E-state index contributed by atoms with van der Waals surface area (Å²) >= 11 is 0. The molecule has 0 unspecified atom stereocenters. The van der Waals surface area contributed by atoms with Crippen molar-refractivity contribution in [3.8, 4) is 5.75 Å². The number of ether oxygens (including phenoxy) is 1. The second kappa shape index (κ2) is 6.24. The molecule has 1 aromatic rings. The van der Waals surface area contributed by atoms with E-state index >= 15 is 0 Å². The average molecular weight is 248 g/mol. The summed E-state index contributed by atoms with van der Waals surface area (Å²) < 4.78 is 5.27. The first-order valence-electron chi connectivity index (χ1n) is 6.09. The number of methoxy groups -OCH3 is 1. The Morgan fingerprint density at radius 3 is 2.50 bits per heavy atom. The average Bonchev–Trinajstić information content (AvgIpc) is 2.31. The lowest BCUT2D eigenvalue weighted by Crippen LogP contribution is -1.98. The quantitative estimate of drug-likeness (QED) is 0.810. The van der Waals surface area contributed by atoms with E-state index < -0.39 is 5.97 Å². The molecule has 1 rings (SSSR count). The van der Waals surface area contributed by atoms with E-state index in [0.717, 1.165) is 40.9 Å². The van der Waals surface area contributed by atoms with Gasteiger partial charge in [-0.05, 0) is 48.6 Å². The van der Waals surface area contributed by atoms with Gasteiger partial charge in [-0.3, -0.25) is 0 Å². The van der Waals surface area contributed by atoms with E-state index in [1.54, 1.807) is 7.11 Å². The maximum absolute atomic E-state index is 10.9. The second-order valence-corrected chi connectivity index (χ2v) is 4.32. The molecule has 0 radical (unpaired) electrons. The van der Waals surface area contributed by atoms with Gasteiger partial charge in [0.25, 0.3) is 0 Å². The van der Waals surface area contributed by atoms with Gasteiger partial charge in [-0.25, -0.2) is 4.79 Å². The lowest BCUT2D eigenvalue weighted by molar-refractivity contribution is -0.131. The smallest absolute Gasteiger partial charge is 0.328 e. The monoisotopic (exact) mass is 248 g/mol. The number of aliphatic carboxylic acids is 1. The number of benzene rings is 1. The third-order valence-electron chi connectivity index (χ3n) is 3.12. The van der Waals surface area contributed by atoms with Crippen molar-refractivity contribution in [3.05, 3.63) is 34.9 Å². The first-order chi connectivity index (χ1) is 8.51. The Morgan fingerprint density at radius 1 is 1.33 bits per heavy atom. The van der Waals surface area contributed by atoms with Gasteiger partial charge in [0.05, 0.1) is 7.11 Å². The lowest BCUT2D eigenvalue weighted by Gasteiger charge is -2.14. The van der Waals surface area contributed by atoms with Crippen molar-refractivity contribution in [1.29, 1.82) is 0 Å². The zero-order chi connectivity index (χ0) is 13.7. The van der Waals surface area contributed by atoms with E-state index in [9.17, 15) is 4.79 Å². The van der Waals surface area contributed by atoms with Crippen LogP contribution in [0.15, 0.2) is 18.2 Å². The summed E-state index contributed by atoms with van der Waals surface area (Å²) in [6.45, 7) is 6.03. The van der Waals surface area contributed by atoms with Gasteiger partial charge in [-0.15, -0.1) is 0 Å². The Balaban J connectivity index is 3.30. The number of hydrogen-bond donors (Lipinski definition) is 1. The number of carboxylic acid groups (broad SMARTS) is 1. The maximum Gasteiger partial charge on any atom is 0.328 e. The molecule has 0 aliphatic heterocycles. The molecular formula is C15H20O3. The Hall–Kier alpha value is -1.77. The number of allylic oxidation sites excluding steroid dienone is 1. The minimum Gasteiger partial charge on any atom is -0.496 e. The van der Waals surface area contributed by atoms with E-state index in [1.807, 2.05) is 32.9 Å². The summed E-state index contributed by atoms with van der Waals surface area (Å²) in [6, 6.07) is 3.83. The number of rotatable bonds is 5. The predicted molar refractivity (Wildman–Crippen MR) is 73.0 cm³/mol. The number of carbonyl (C=O) groups is 1. The largest absolute Gasteiger partial charge is 0.496 e. The van der Waals surface area contributed by atoms with Gasteiger partial charge in [-0.1, -0.05) is 19.4 Å². The van der Waals surface area contributed by atoms with Gasteiger partial charge in [0.2, 0.25) is 0 Å². The van der Waals surface area contributed by atoms with Gasteiger partial charge < -0.3 is 9.84 Å². The minimum absolute atomic E-state index is 0.763. The lowest BCUT2D eigenvalue weighted by atomic mass is 9.93. The Labute approximate surface area is 108 Å². The molecule has 0 aliphatic rings. The Morgan fingerprint density at radius 2 is 2.00 bits per heavy atom.